The van der Waals surface area contributed by atoms with Crippen LogP contribution in [0.3, 0.4) is 0 Å². The number of nitrogens with zero attached hydrogens (tertiary/aromatic N) is 1. The lowest BCUT2D eigenvalue weighted by Crippen LogP contribution is -2.38. The van der Waals surface area contributed by atoms with Gasteiger partial charge < -0.3 is 9.84 Å². The Kier molecular flexibility index (Phi) is 2.49. The lowest BCUT2D eigenvalue weighted by Gasteiger charge is -2.37. The molecule has 92 valence electrons. The van der Waals surface area contributed by atoms with Crippen LogP contribution in [-0.4, -0.2) is 22.3 Å². The summed E-state index contributed by atoms with van der Waals surface area (Å²) in [5.41, 5.74) is 2.27. The molecule has 3 nitrogen and oxygen atoms in total. The Balaban J connectivity index is 1.96. The van der Waals surface area contributed by atoms with E-state index in [0.717, 1.165) is 42.6 Å². The molecule has 0 saturated carbocycles. The molecule has 0 aromatic carbocycles. The van der Waals surface area contributed by atoms with Crippen molar-refractivity contribution in [3.05, 3.63) is 29.1 Å². The normalized spacial score (nSPS) is 36.2. The zero-order valence-electron chi connectivity index (χ0n) is 10.4. The zero-order valence-corrected chi connectivity index (χ0v) is 10.4. The Morgan fingerprint density at radius 3 is 2.24 bits per heavy atom. The summed E-state index contributed by atoms with van der Waals surface area (Å²) in [5.74, 6) is 0. The van der Waals surface area contributed by atoms with Crippen molar-refractivity contribution in [1.82, 2.24) is 4.98 Å². The maximum atomic E-state index is 10.9. The molecule has 3 heterocycles. The molecule has 3 rings (SSSR count). The molecule has 2 aliphatic rings. The van der Waals surface area contributed by atoms with Crippen LogP contribution >= 0.6 is 0 Å². The molecule has 0 spiro atoms. The van der Waals surface area contributed by atoms with Gasteiger partial charge in [-0.1, -0.05) is 0 Å². The van der Waals surface area contributed by atoms with Crippen LogP contribution in [0.4, 0.5) is 0 Å². The Morgan fingerprint density at radius 1 is 1.18 bits per heavy atom. The van der Waals surface area contributed by atoms with E-state index in [-0.39, 0.29) is 12.2 Å². The minimum Gasteiger partial charge on any atom is -0.385 e. The van der Waals surface area contributed by atoms with Crippen molar-refractivity contribution in [2.45, 2.75) is 57.3 Å². The molecule has 1 aromatic heterocycles. The van der Waals surface area contributed by atoms with E-state index < -0.39 is 5.60 Å². The van der Waals surface area contributed by atoms with Crippen LogP contribution in [0.5, 0.6) is 0 Å². The number of aliphatic hydroxyl groups is 1. The van der Waals surface area contributed by atoms with Crippen LogP contribution in [0, 0.1) is 13.8 Å². The summed E-state index contributed by atoms with van der Waals surface area (Å²) in [6.07, 6.45) is 4.13. The van der Waals surface area contributed by atoms with Gasteiger partial charge in [0.25, 0.3) is 0 Å². The molecule has 2 atom stereocenters. The summed E-state index contributed by atoms with van der Waals surface area (Å²) in [6, 6.07) is 4.02. The third-order valence-corrected chi connectivity index (χ3v) is 3.95. The fourth-order valence-corrected chi connectivity index (χ4v) is 3.26. The van der Waals surface area contributed by atoms with Gasteiger partial charge in [0.1, 0.15) is 0 Å². The van der Waals surface area contributed by atoms with Crippen LogP contribution in [0.2, 0.25) is 0 Å². The van der Waals surface area contributed by atoms with Gasteiger partial charge in [-0.15, -0.1) is 0 Å². The molecule has 2 fully saturated rings. The standard InChI is InChI=1S/C14H19NO2/c1-9-5-11(6-10(2)15-9)14(16)7-12-3-4-13(8-14)17-12/h5-6,12-13,16H,3-4,7-8H2,1-2H3. The molecule has 2 saturated heterocycles. The third kappa shape index (κ3) is 1.98. The molecule has 0 aliphatic carbocycles. The Labute approximate surface area is 102 Å². The van der Waals surface area contributed by atoms with Crippen LogP contribution in [-0.2, 0) is 10.3 Å². The van der Waals surface area contributed by atoms with E-state index in [1.165, 1.54) is 0 Å². The van der Waals surface area contributed by atoms with Crippen molar-refractivity contribution in [3.63, 3.8) is 0 Å². The second kappa shape index (κ2) is 3.79. The first kappa shape index (κ1) is 11.2. The van der Waals surface area contributed by atoms with E-state index >= 15 is 0 Å². The van der Waals surface area contributed by atoms with Crippen molar-refractivity contribution in [3.8, 4) is 0 Å². The largest absolute Gasteiger partial charge is 0.385 e. The lowest BCUT2D eigenvalue weighted by molar-refractivity contribution is -0.115. The molecule has 1 aromatic rings. The van der Waals surface area contributed by atoms with Gasteiger partial charge in [-0.05, 0) is 44.4 Å². The van der Waals surface area contributed by atoms with Gasteiger partial charge in [-0.3, -0.25) is 4.98 Å². The number of aryl methyl sites for hydroxylation is 2. The van der Waals surface area contributed by atoms with Crippen LogP contribution < -0.4 is 0 Å². The summed E-state index contributed by atoms with van der Waals surface area (Å²) in [4.78, 5) is 4.37. The first-order valence-electron chi connectivity index (χ1n) is 6.39. The molecule has 3 heteroatoms. The zero-order chi connectivity index (χ0) is 12.0. The molecule has 0 radical (unpaired) electrons. The number of rotatable bonds is 1. The highest BCUT2D eigenvalue weighted by Gasteiger charge is 2.44. The molecule has 2 unspecified atom stereocenters. The second-order valence-electron chi connectivity index (χ2n) is 5.54. The van der Waals surface area contributed by atoms with E-state index in [1.54, 1.807) is 0 Å². The Bertz CT molecular complexity index is 412. The highest BCUT2D eigenvalue weighted by molar-refractivity contribution is 5.27. The quantitative estimate of drug-likeness (QED) is 0.808. The van der Waals surface area contributed by atoms with E-state index in [1.807, 2.05) is 26.0 Å². The van der Waals surface area contributed by atoms with E-state index in [9.17, 15) is 5.11 Å². The topological polar surface area (TPSA) is 42.4 Å². The van der Waals surface area contributed by atoms with Gasteiger partial charge in [-0.2, -0.15) is 0 Å². The predicted octanol–water partition coefficient (Wildman–Crippen LogP) is 2.23. The number of ether oxygens (including phenoxy) is 1. The molecule has 2 aliphatic heterocycles. The summed E-state index contributed by atoms with van der Waals surface area (Å²) in [7, 11) is 0. The van der Waals surface area contributed by atoms with Gasteiger partial charge in [0.2, 0.25) is 0 Å². The average molecular weight is 233 g/mol. The Hall–Kier alpha value is -0.930. The number of hydrogen-bond donors (Lipinski definition) is 1. The maximum Gasteiger partial charge on any atom is 0.0947 e. The lowest BCUT2D eigenvalue weighted by atomic mass is 9.83. The molecule has 17 heavy (non-hydrogen) atoms. The first-order chi connectivity index (χ1) is 8.05. The number of pyridine rings is 1. The summed E-state index contributed by atoms with van der Waals surface area (Å²) in [6.45, 7) is 3.96. The summed E-state index contributed by atoms with van der Waals surface area (Å²) >= 11 is 0. The fourth-order valence-electron chi connectivity index (χ4n) is 3.26. The van der Waals surface area contributed by atoms with Gasteiger partial charge in [0.05, 0.1) is 17.8 Å². The summed E-state index contributed by atoms with van der Waals surface area (Å²) < 4.78 is 5.80. The first-order valence-corrected chi connectivity index (χ1v) is 6.39. The monoisotopic (exact) mass is 233 g/mol. The minimum atomic E-state index is -0.706. The van der Waals surface area contributed by atoms with Gasteiger partial charge in [0, 0.05) is 24.2 Å². The smallest absolute Gasteiger partial charge is 0.0947 e. The number of hydrogen-bond acceptors (Lipinski definition) is 3. The molecule has 2 bridgehead atoms. The molecular weight excluding hydrogens is 214 g/mol. The van der Waals surface area contributed by atoms with Gasteiger partial charge in [-0.25, -0.2) is 0 Å². The van der Waals surface area contributed by atoms with Crippen molar-refractivity contribution in [2.75, 3.05) is 0 Å². The van der Waals surface area contributed by atoms with E-state index in [2.05, 4.69) is 4.98 Å². The van der Waals surface area contributed by atoms with Crippen molar-refractivity contribution >= 4 is 0 Å². The molecular formula is C14H19NO2. The van der Waals surface area contributed by atoms with Crippen LogP contribution in [0.25, 0.3) is 0 Å². The predicted molar refractivity (Wildman–Crippen MR) is 64.7 cm³/mol. The van der Waals surface area contributed by atoms with Gasteiger partial charge >= 0.3 is 0 Å². The van der Waals surface area contributed by atoms with Gasteiger partial charge in [0.15, 0.2) is 0 Å². The van der Waals surface area contributed by atoms with E-state index in [4.69, 9.17) is 4.74 Å². The van der Waals surface area contributed by atoms with Crippen molar-refractivity contribution < 1.29 is 9.84 Å². The highest BCUT2D eigenvalue weighted by atomic mass is 16.5. The minimum absolute atomic E-state index is 0.243. The van der Waals surface area contributed by atoms with Crippen LogP contribution in [0.1, 0.15) is 42.6 Å². The number of aromatic nitrogens is 1. The molecule has 1 N–H and O–H groups in total. The van der Waals surface area contributed by atoms with Crippen molar-refractivity contribution in [1.29, 1.82) is 0 Å². The van der Waals surface area contributed by atoms with Crippen LogP contribution in [0.15, 0.2) is 12.1 Å². The summed E-state index contributed by atoms with van der Waals surface area (Å²) in [5, 5.41) is 10.9. The Morgan fingerprint density at radius 2 is 1.71 bits per heavy atom. The highest BCUT2D eigenvalue weighted by Crippen LogP contribution is 2.43. The average Bonchev–Trinajstić information content (AvgIpc) is 2.57. The SMILES string of the molecule is Cc1cc(C2(O)CC3CCC(C2)O3)cc(C)n1. The number of fused-ring (bicyclic) bond motifs is 2. The fraction of sp³-hybridized carbons (Fsp3) is 0.643. The maximum absolute atomic E-state index is 10.9. The molecule has 0 amide bonds. The third-order valence-electron chi connectivity index (χ3n) is 3.95. The van der Waals surface area contributed by atoms with E-state index in [0.29, 0.717) is 0 Å². The second-order valence-corrected chi connectivity index (χ2v) is 5.54. The van der Waals surface area contributed by atoms with Crippen molar-refractivity contribution in [2.24, 2.45) is 0 Å².